The van der Waals surface area contributed by atoms with Crippen molar-refractivity contribution >= 4 is 11.6 Å². The van der Waals surface area contributed by atoms with Gasteiger partial charge in [-0.2, -0.15) is 0 Å². The minimum absolute atomic E-state index is 0.0747. The second kappa shape index (κ2) is 3.79. The molecule has 104 valence electrons. The number of hydrogen-bond acceptors (Lipinski definition) is 5. The van der Waals surface area contributed by atoms with Crippen molar-refractivity contribution in [2.45, 2.75) is 32.4 Å². The summed E-state index contributed by atoms with van der Waals surface area (Å²) in [5, 5.41) is 0. The van der Waals surface area contributed by atoms with Crippen molar-refractivity contribution < 1.29 is 9.59 Å². The predicted molar refractivity (Wildman–Crippen MR) is 71.3 cm³/mol. The van der Waals surface area contributed by atoms with Gasteiger partial charge in [-0.1, -0.05) is 0 Å². The van der Waals surface area contributed by atoms with Gasteiger partial charge in [0.15, 0.2) is 0 Å². The Morgan fingerprint density at radius 2 is 1.95 bits per heavy atom. The summed E-state index contributed by atoms with van der Waals surface area (Å²) in [6.45, 7) is 4.14. The van der Waals surface area contributed by atoms with E-state index < -0.39 is 0 Å². The van der Waals surface area contributed by atoms with Gasteiger partial charge in [0.2, 0.25) is 11.6 Å². The van der Waals surface area contributed by atoms with Crippen molar-refractivity contribution in [2.75, 3.05) is 13.1 Å². The molecule has 3 aliphatic rings. The molecule has 1 atom stereocenters. The molecular formula is C14H16N4O2. The molecule has 0 spiro atoms. The van der Waals surface area contributed by atoms with E-state index in [2.05, 4.69) is 4.98 Å². The lowest BCUT2D eigenvalue weighted by Gasteiger charge is -2.22. The van der Waals surface area contributed by atoms with Crippen molar-refractivity contribution in [2.24, 2.45) is 5.73 Å². The number of aromatic nitrogens is 2. The van der Waals surface area contributed by atoms with E-state index >= 15 is 0 Å². The number of hydrogen-bond donors (Lipinski definition) is 1. The van der Waals surface area contributed by atoms with Gasteiger partial charge < -0.3 is 15.2 Å². The van der Waals surface area contributed by atoms with Gasteiger partial charge in [0.05, 0.1) is 11.7 Å². The number of nitrogens with zero attached hydrogens (tertiary/aromatic N) is 3. The Morgan fingerprint density at radius 3 is 2.65 bits per heavy atom. The fraction of sp³-hybridized carbons (Fsp3) is 0.500. The molecule has 4 rings (SSSR count). The molecular weight excluding hydrogens is 256 g/mol. The first kappa shape index (κ1) is 11.8. The summed E-state index contributed by atoms with van der Waals surface area (Å²) >= 11 is 0. The lowest BCUT2D eigenvalue weighted by Crippen LogP contribution is -2.28. The molecule has 0 aromatic carbocycles. The van der Waals surface area contributed by atoms with E-state index in [-0.39, 0.29) is 17.6 Å². The van der Waals surface area contributed by atoms with E-state index in [0.717, 1.165) is 32.5 Å². The molecule has 0 unspecified atom stereocenters. The fourth-order valence-electron chi connectivity index (χ4n) is 3.19. The molecule has 3 heterocycles. The summed E-state index contributed by atoms with van der Waals surface area (Å²) < 4.78 is 1.85. The number of carbonyl (C=O) groups is 2. The Bertz CT molecular complexity index is 682. The summed E-state index contributed by atoms with van der Waals surface area (Å²) in [4.78, 5) is 31.5. The van der Waals surface area contributed by atoms with Crippen LogP contribution in [0.15, 0.2) is 11.3 Å². The summed E-state index contributed by atoms with van der Waals surface area (Å²) in [7, 11) is 0. The van der Waals surface area contributed by atoms with Gasteiger partial charge in [0.1, 0.15) is 17.2 Å². The molecule has 0 amide bonds. The van der Waals surface area contributed by atoms with E-state index in [0.29, 0.717) is 28.5 Å². The van der Waals surface area contributed by atoms with E-state index in [9.17, 15) is 9.59 Å². The van der Waals surface area contributed by atoms with Crippen LogP contribution < -0.4 is 5.73 Å². The summed E-state index contributed by atoms with van der Waals surface area (Å²) in [5.41, 5.74) is 7.89. The van der Waals surface area contributed by atoms with Crippen LogP contribution in [0.2, 0.25) is 0 Å². The number of imidazole rings is 1. The number of allylic oxidation sites excluding steroid dienone is 2. The molecule has 2 N–H and O–H groups in total. The highest BCUT2D eigenvalue weighted by atomic mass is 16.1. The van der Waals surface area contributed by atoms with Crippen molar-refractivity contribution in [1.29, 1.82) is 0 Å². The van der Waals surface area contributed by atoms with Gasteiger partial charge in [-0.05, 0) is 19.8 Å². The normalized spacial score (nSPS) is 24.9. The van der Waals surface area contributed by atoms with Gasteiger partial charge >= 0.3 is 0 Å². The van der Waals surface area contributed by atoms with Crippen LogP contribution in [-0.2, 0) is 6.54 Å². The Kier molecular flexibility index (Phi) is 2.24. The van der Waals surface area contributed by atoms with Gasteiger partial charge in [0.25, 0.3) is 0 Å². The van der Waals surface area contributed by atoms with E-state index in [1.54, 1.807) is 6.92 Å². The standard InChI is InChI=1S/C14H16N4O2/c1-7-10(17-5-6-17)13(20)9-11(12(7)19)18-4-2-3-8(15)14(18)16-9/h8H,2-6,15H2,1H3/t8-/m0/s1. The van der Waals surface area contributed by atoms with Crippen molar-refractivity contribution in [1.82, 2.24) is 14.5 Å². The Morgan fingerprint density at radius 1 is 1.20 bits per heavy atom. The van der Waals surface area contributed by atoms with Crippen LogP contribution in [0.4, 0.5) is 0 Å². The van der Waals surface area contributed by atoms with Crippen LogP contribution in [-0.4, -0.2) is 39.1 Å². The molecule has 6 nitrogen and oxygen atoms in total. The van der Waals surface area contributed by atoms with Gasteiger partial charge in [-0.25, -0.2) is 4.98 Å². The van der Waals surface area contributed by atoms with E-state index in [1.165, 1.54) is 0 Å². The number of Topliss-reactive ketones (excluding diaryl/α,β-unsaturated/α-hetero) is 2. The minimum Gasteiger partial charge on any atom is -0.364 e. The predicted octanol–water partition coefficient (Wildman–Crippen LogP) is 0.645. The van der Waals surface area contributed by atoms with Crippen LogP contribution in [0.5, 0.6) is 0 Å². The Labute approximate surface area is 116 Å². The molecule has 0 bridgehead atoms. The Hall–Kier alpha value is -1.95. The second-order valence-electron chi connectivity index (χ2n) is 5.69. The minimum atomic E-state index is -0.181. The lowest BCUT2D eigenvalue weighted by molar-refractivity contribution is 0.0952. The van der Waals surface area contributed by atoms with Crippen LogP contribution in [0.1, 0.15) is 52.6 Å². The topological polar surface area (TPSA) is 81.0 Å². The Balaban J connectivity index is 1.92. The zero-order valence-electron chi connectivity index (χ0n) is 11.3. The molecule has 1 aromatic heterocycles. The molecule has 1 aliphatic carbocycles. The lowest BCUT2D eigenvalue weighted by atomic mass is 9.95. The van der Waals surface area contributed by atoms with E-state index in [4.69, 9.17) is 5.73 Å². The van der Waals surface area contributed by atoms with Crippen LogP contribution in [0, 0.1) is 0 Å². The smallest absolute Gasteiger partial charge is 0.230 e. The highest BCUT2D eigenvalue weighted by Crippen LogP contribution is 2.34. The maximum atomic E-state index is 12.6. The van der Waals surface area contributed by atoms with Crippen molar-refractivity contribution in [3.63, 3.8) is 0 Å². The summed E-state index contributed by atoms with van der Waals surface area (Å²) in [5.74, 6) is 0.487. The molecule has 1 saturated heterocycles. The van der Waals surface area contributed by atoms with E-state index in [1.807, 2.05) is 9.47 Å². The molecule has 0 radical (unpaired) electrons. The van der Waals surface area contributed by atoms with Gasteiger partial charge in [-0.3, -0.25) is 9.59 Å². The van der Waals surface area contributed by atoms with Gasteiger partial charge in [0, 0.05) is 25.2 Å². The van der Waals surface area contributed by atoms with Crippen LogP contribution >= 0.6 is 0 Å². The zero-order chi connectivity index (χ0) is 14.0. The largest absolute Gasteiger partial charge is 0.364 e. The monoisotopic (exact) mass is 272 g/mol. The fourth-order valence-corrected chi connectivity index (χ4v) is 3.19. The van der Waals surface area contributed by atoms with Crippen LogP contribution in [0.3, 0.4) is 0 Å². The zero-order valence-corrected chi connectivity index (χ0v) is 11.3. The third-order valence-electron chi connectivity index (χ3n) is 4.33. The number of ketones is 2. The average molecular weight is 272 g/mol. The highest BCUT2D eigenvalue weighted by Gasteiger charge is 2.41. The molecule has 0 saturated carbocycles. The maximum absolute atomic E-state index is 12.6. The maximum Gasteiger partial charge on any atom is 0.230 e. The van der Waals surface area contributed by atoms with Crippen LogP contribution in [0.25, 0.3) is 0 Å². The third kappa shape index (κ3) is 1.39. The number of rotatable bonds is 1. The average Bonchev–Trinajstić information content (AvgIpc) is 3.16. The molecule has 1 aromatic rings. The SMILES string of the molecule is CC1=C(N2CC2)C(=O)c2nc3n(c2C1=O)CCC[C@@H]3N. The molecule has 20 heavy (non-hydrogen) atoms. The number of carbonyl (C=O) groups excluding carboxylic acids is 2. The second-order valence-corrected chi connectivity index (χ2v) is 5.69. The van der Waals surface area contributed by atoms with Crippen molar-refractivity contribution in [3.05, 3.63) is 28.5 Å². The van der Waals surface area contributed by atoms with Gasteiger partial charge in [-0.15, -0.1) is 0 Å². The molecule has 6 heteroatoms. The first-order valence-electron chi connectivity index (χ1n) is 7.01. The first-order chi connectivity index (χ1) is 9.59. The summed E-state index contributed by atoms with van der Waals surface area (Å²) in [6, 6.07) is -0.181. The molecule has 1 fully saturated rings. The number of nitrogens with two attached hydrogens (primary N) is 1. The summed E-state index contributed by atoms with van der Waals surface area (Å²) in [6.07, 6.45) is 1.77. The molecule has 2 aliphatic heterocycles. The third-order valence-corrected chi connectivity index (χ3v) is 4.33. The number of fused-ring (bicyclic) bond motifs is 3. The highest BCUT2D eigenvalue weighted by molar-refractivity contribution is 6.25. The quantitative estimate of drug-likeness (QED) is 0.759. The first-order valence-corrected chi connectivity index (χ1v) is 7.01. The van der Waals surface area contributed by atoms with Crippen molar-refractivity contribution in [3.8, 4) is 0 Å².